The van der Waals surface area contributed by atoms with Crippen molar-refractivity contribution in [1.29, 1.82) is 0 Å². The van der Waals surface area contributed by atoms with E-state index in [1.165, 1.54) is 12.1 Å². The number of hydrogen-bond acceptors (Lipinski definition) is 5. The molecule has 0 unspecified atom stereocenters. The average Bonchev–Trinajstić information content (AvgIpc) is 2.64. The number of ether oxygens (including phenoxy) is 1. The van der Waals surface area contributed by atoms with Gasteiger partial charge in [-0.25, -0.2) is 4.39 Å². The molecule has 0 atom stereocenters. The van der Waals surface area contributed by atoms with E-state index >= 15 is 0 Å². The number of nitrogens with zero attached hydrogens (tertiary/aromatic N) is 3. The Hall–Kier alpha value is -2.22. The lowest BCUT2D eigenvalue weighted by atomic mass is 10.1. The van der Waals surface area contributed by atoms with Crippen molar-refractivity contribution >= 4 is 17.3 Å². The third-order valence-corrected chi connectivity index (χ3v) is 4.74. The largest absolute Gasteiger partial charge is 0.378 e. The fourth-order valence-corrected chi connectivity index (χ4v) is 3.35. The van der Waals surface area contributed by atoms with Gasteiger partial charge in [-0.05, 0) is 19.3 Å². The van der Waals surface area contributed by atoms with Gasteiger partial charge in [0.1, 0.15) is 11.5 Å². The lowest BCUT2D eigenvalue weighted by molar-refractivity contribution is -0.384. The van der Waals surface area contributed by atoms with Crippen molar-refractivity contribution in [3.05, 3.63) is 33.6 Å². The van der Waals surface area contributed by atoms with Crippen LogP contribution in [0.2, 0.25) is 0 Å². The minimum absolute atomic E-state index is 0.0731. The number of carbonyl (C=O) groups is 1. The fraction of sp³-hybridized carbons (Fsp3) is 0.588. The molecule has 7 nitrogen and oxygen atoms in total. The Bertz CT molecular complexity index is 656. The van der Waals surface area contributed by atoms with Crippen molar-refractivity contribution in [2.75, 3.05) is 44.3 Å². The first-order valence-electron chi connectivity index (χ1n) is 8.63. The molecule has 0 N–H and O–H groups in total. The maximum atomic E-state index is 14.5. The van der Waals surface area contributed by atoms with E-state index in [0.717, 1.165) is 19.3 Å². The number of carbonyl (C=O) groups excluding carboxylic acids is 1. The van der Waals surface area contributed by atoms with E-state index in [1.807, 2.05) is 4.90 Å². The molecule has 2 aliphatic heterocycles. The van der Waals surface area contributed by atoms with Gasteiger partial charge in [0.2, 0.25) is 5.91 Å². The number of rotatable bonds is 4. The molecule has 8 heteroatoms. The van der Waals surface area contributed by atoms with Crippen LogP contribution >= 0.6 is 0 Å². The van der Waals surface area contributed by atoms with Crippen molar-refractivity contribution in [3.63, 3.8) is 0 Å². The van der Waals surface area contributed by atoms with E-state index in [2.05, 4.69) is 0 Å². The van der Waals surface area contributed by atoms with Gasteiger partial charge in [0, 0.05) is 43.9 Å². The summed E-state index contributed by atoms with van der Waals surface area (Å²) in [6.07, 6.45) is 2.79. The fourth-order valence-electron chi connectivity index (χ4n) is 3.35. The molecule has 0 aliphatic carbocycles. The second-order valence-corrected chi connectivity index (χ2v) is 6.41. The Morgan fingerprint density at radius 3 is 2.48 bits per heavy atom. The minimum atomic E-state index is -0.562. The smallest absolute Gasteiger partial charge is 0.293 e. The molecule has 0 spiro atoms. The molecule has 1 aromatic carbocycles. The summed E-state index contributed by atoms with van der Waals surface area (Å²) >= 11 is 0. The lowest BCUT2D eigenvalue weighted by Gasteiger charge is -2.29. The van der Waals surface area contributed by atoms with Gasteiger partial charge in [0.25, 0.3) is 5.69 Å². The summed E-state index contributed by atoms with van der Waals surface area (Å²) in [7, 11) is 0. The number of nitro benzene ring substituents is 1. The molecular weight excluding hydrogens is 329 g/mol. The summed E-state index contributed by atoms with van der Waals surface area (Å²) in [5.41, 5.74) is 0.252. The third kappa shape index (κ3) is 4.07. The molecule has 2 aliphatic rings. The van der Waals surface area contributed by atoms with E-state index in [4.69, 9.17) is 4.74 Å². The van der Waals surface area contributed by atoms with Gasteiger partial charge >= 0.3 is 0 Å². The summed E-state index contributed by atoms with van der Waals surface area (Å²) in [4.78, 5) is 26.7. The topological polar surface area (TPSA) is 75.9 Å². The zero-order valence-corrected chi connectivity index (χ0v) is 14.1. The van der Waals surface area contributed by atoms with Gasteiger partial charge in [-0.15, -0.1) is 0 Å². The summed E-state index contributed by atoms with van der Waals surface area (Å²) in [5.74, 6) is -0.796. The van der Waals surface area contributed by atoms with Crippen molar-refractivity contribution in [1.82, 2.24) is 4.90 Å². The van der Waals surface area contributed by atoms with Crippen LogP contribution in [0.1, 0.15) is 24.8 Å². The SMILES string of the molecule is O=C(Cc1cc([N+](=O)[O-])c(N2CCCCC2)cc1F)N1CCOCC1. The van der Waals surface area contributed by atoms with Gasteiger partial charge in [0.15, 0.2) is 0 Å². The molecule has 2 heterocycles. The highest BCUT2D eigenvalue weighted by molar-refractivity contribution is 5.80. The first kappa shape index (κ1) is 17.6. The zero-order chi connectivity index (χ0) is 17.8. The number of hydrogen-bond donors (Lipinski definition) is 0. The molecule has 2 fully saturated rings. The molecule has 2 saturated heterocycles. The van der Waals surface area contributed by atoms with Crippen LogP contribution < -0.4 is 4.90 Å². The Kier molecular flexibility index (Phi) is 5.47. The normalized spacial score (nSPS) is 18.3. The highest BCUT2D eigenvalue weighted by Crippen LogP contribution is 2.33. The van der Waals surface area contributed by atoms with Gasteiger partial charge in [-0.2, -0.15) is 0 Å². The Morgan fingerprint density at radius 1 is 1.16 bits per heavy atom. The standard InChI is InChI=1S/C17H22FN3O4/c18-14-12-15(19-4-2-1-3-5-19)16(21(23)24)10-13(14)11-17(22)20-6-8-25-9-7-20/h10,12H,1-9,11H2. The summed E-state index contributed by atoms with van der Waals surface area (Å²) in [5, 5.41) is 11.5. The number of halogens is 1. The van der Waals surface area contributed by atoms with E-state index in [1.54, 1.807) is 4.90 Å². The van der Waals surface area contributed by atoms with E-state index in [-0.39, 0.29) is 23.6 Å². The number of amides is 1. The van der Waals surface area contributed by atoms with Crippen LogP contribution in [0.25, 0.3) is 0 Å². The highest BCUT2D eigenvalue weighted by atomic mass is 19.1. The molecule has 0 radical (unpaired) electrons. The summed E-state index contributed by atoms with van der Waals surface area (Å²) < 4.78 is 19.7. The molecule has 25 heavy (non-hydrogen) atoms. The highest BCUT2D eigenvalue weighted by Gasteiger charge is 2.26. The first-order chi connectivity index (χ1) is 12.1. The molecule has 136 valence electrons. The number of anilines is 1. The van der Waals surface area contributed by atoms with E-state index in [0.29, 0.717) is 45.1 Å². The molecule has 3 rings (SSSR count). The quantitative estimate of drug-likeness (QED) is 0.613. The van der Waals surface area contributed by atoms with Crippen LogP contribution in [0.15, 0.2) is 12.1 Å². The number of benzene rings is 1. The van der Waals surface area contributed by atoms with Crippen molar-refractivity contribution in [2.45, 2.75) is 25.7 Å². The van der Waals surface area contributed by atoms with Gasteiger partial charge in [-0.1, -0.05) is 0 Å². The second kappa shape index (κ2) is 7.77. The Morgan fingerprint density at radius 2 is 1.84 bits per heavy atom. The minimum Gasteiger partial charge on any atom is -0.378 e. The zero-order valence-electron chi connectivity index (χ0n) is 14.1. The Labute approximate surface area is 145 Å². The van der Waals surface area contributed by atoms with Crippen LogP contribution in [0, 0.1) is 15.9 Å². The molecule has 1 amide bonds. The van der Waals surface area contributed by atoms with Crippen molar-refractivity contribution < 1.29 is 18.8 Å². The van der Waals surface area contributed by atoms with Crippen LogP contribution in [0.4, 0.5) is 15.8 Å². The van der Waals surface area contributed by atoms with Gasteiger partial charge in [0.05, 0.1) is 24.6 Å². The number of morpholine rings is 1. The second-order valence-electron chi connectivity index (χ2n) is 6.41. The van der Waals surface area contributed by atoms with Crippen LogP contribution in [0.3, 0.4) is 0 Å². The maximum Gasteiger partial charge on any atom is 0.293 e. The predicted molar refractivity (Wildman–Crippen MR) is 90.2 cm³/mol. The van der Waals surface area contributed by atoms with E-state index in [9.17, 15) is 19.3 Å². The lowest BCUT2D eigenvalue weighted by Crippen LogP contribution is -2.41. The van der Waals surface area contributed by atoms with E-state index < -0.39 is 10.7 Å². The third-order valence-electron chi connectivity index (χ3n) is 4.74. The number of piperidine rings is 1. The van der Waals surface area contributed by atoms with Crippen LogP contribution in [0.5, 0.6) is 0 Å². The van der Waals surface area contributed by atoms with Crippen molar-refractivity contribution in [3.8, 4) is 0 Å². The maximum absolute atomic E-state index is 14.5. The first-order valence-corrected chi connectivity index (χ1v) is 8.63. The monoisotopic (exact) mass is 351 g/mol. The van der Waals surface area contributed by atoms with Gasteiger partial charge < -0.3 is 14.5 Å². The number of nitro groups is 1. The molecule has 0 saturated carbocycles. The van der Waals surface area contributed by atoms with Crippen molar-refractivity contribution in [2.24, 2.45) is 0 Å². The summed E-state index contributed by atoms with van der Waals surface area (Å²) in [6, 6.07) is 2.43. The summed E-state index contributed by atoms with van der Waals surface area (Å²) in [6.45, 7) is 3.23. The molecule has 0 bridgehead atoms. The van der Waals surface area contributed by atoms with Gasteiger partial charge in [-0.3, -0.25) is 14.9 Å². The van der Waals surface area contributed by atoms with Crippen LogP contribution in [-0.2, 0) is 16.0 Å². The Balaban J connectivity index is 1.83. The van der Waals surface area contributed by atoms with Crippen LogP contribution in [-0.4, -0.2) is 55.1 Å². The predicted octanol–water partition coefficient (Wildman–Crippen LogP) is 2.13. The molecular formula is C17H22FN3O4. The molecule has 0 aromatic heterocycles. The molecule has 1 aromatic rings. The average molecular weight is 351 g/mol.